The van der Waals surface area contributed by atoms with Crippen molar-refractivity contribution < 1.29 is 9.53 Å². The summed E-state index contributed by atoms with van der Waals surface area (Å²) in [5.41, 5.74) is 1.54. The molecule has 0 aliphatic carbocycles. The van der Waals surface area contributed by atoms with Crippen molar-refractivity contribution in [3.8, 4) is 0 Å². The molecule has 142 valence electrons. The highest BCUT2D eigenvalue weighted by Gasteiger charge is 2.42. The number of ether oxygens (including phenoxy) is 1. The van der Waals surface area contributed by atoms with E-state index in [2.05, 4.69) is 50.2 Å². The van der Waals surface area contributed by atoms with Gasteiger partial charge in [0.1, 0.15) is 5.60 Å². The molecule has 2 rings (SSSR count). The van der Waals surface area contributed by atoms with Crippen molar-refractivity contribution in [2.45, 2.75) is 32.3 Å². The molecule has 0 spiro atoms. The highest BCUT2D eigenvalue weighted by Crippen LogP contribution is 2.38. The lowest BCUT2D eigenvalue weighted by Gasteiger charge is -2.40. The topological polar surface area (TPSA) is 29.5 Å². The van der Waals surface area contributed by atoms with E-state index in [1.165, 1.54) is 5.56 Å². The summed E-state index contributed by atoms with van der Waals surface area (Å²) in [5, 5.41) is 0. The van der Waals surface area contributed by atoms with Gasteiger partial charge >= 0.3 is 5.97 Å². The van der Waals surface area contributed by atoms with Crippen LogP contribution in [0.25, 0.3) is 0 Å². The fourth-order valence-electron chi connectivity index (χ4n) is 3.35. The van der Waals surface area contributed by atoms with Gasteiger partial charge in [0.15, 0.2) is 0 Å². The number of hydrogen-bond acceptors (Lipinski definition) is 3. The van der Waals surface area contributed by atoms with E-state index in [4.69, 9.17) is 4.74 Å². The minimum atomic E-state index is -0.681. The molecular formula is C22H30ClNO2. The van der Waals surface area contributed by atoms with Gasteiger partial charge in [0, 0.05) is 25.3 Å². The number of rotatable bonds is 8. The largest absolute Gasteiger partial charge is 0.453 e. The Morgan fingerprint density at radius 1 is 1.04 bits per heavy atom. The predicted molar refractivity (Wildman–Crippen MR) is 110 cm³/mol. The summed E-state index contributed by atoms with van der Waals surface area (Å²) in [4.78, 5) is 14.5. The Kier molecular flexibility index (Phi) is 8.83. The van der Waals surface area contributed by atoms with E-state index >= 15 is 0 Å². The van der Waals surface area contributed by atoms with Gasteiger partial charge in [-0.05, 0) is 25.2 Å². The van der Waals surface area contributed by atoms with Gasteiger partial charge in [-0.3, -0.25) is 4.79 Å². The molecule has 0 heterocycles. The van der Waals surface area contributed by atoms with E-state index in [1.54, 1.807) is 0 Å². The molecule has 0 aliphatic heterocycles. The molecule has 0 aromatic heterocycles. The highest BCUT2D eigenvalue weighted by atomic mass is 35.5. The first kappa shape index (κ1) is 22.2. The van der Waals surface area contributed by atoms with E-state index in [0.717, 1.165) is 12.1 Å². The first-order valence-corrected chi connectivity index (χ1v) is 8.94. The summed E-state index contributed by atoms with van der Waals surface area (Å²) in [6.45, 7) is 4.84. The second-order valence-electron chi connectivity index (χ2n) is 6.91. The Morgan fingerprint density at radius 3 is 2.08 bits per heavy atom. The molecular weight excluding hydrogens is 346 g/mol. The quantitative estimate of drug-likeness (QED) is 0.626. The van der Waals surface area contributed by atoms with Gasteiger partial charge in [-0.2, -0.15) is 0 Å². The van der Waals surface area contributed by atoms with Gasteiger partial charge in [-0.25, -0.2) is 0 Å². The molecule has 4 heteroatoms. The maximum absolute atomic E-state index is 12.3. The molecule has 0 amide bonds. The monoisotopic (exact) mass is 375 g/mol. The second kappa shape index (κ2) is 10.3. The Balaban J connectivity index is 0.00000338. The number of halogens is 1. The lowest BCUT2D eigenvalue weighted by Crippen LogP contribution is -2.44. The van der Waals surface area contributed by atoms with Gasteiger partial charge in [0.25, 0.3) is 0 Å². The first-order valence-electron chi connectivity index (χ1n) is 8.94. The fourth-order valence-corrected chi connectivity index (χ4v) is 3.35. The highest BCUT2D eigenvalue weighted by molar-refractivity contribution is 5.85. The second-order valence-corrected chi connectivity index (χ2v) is 6.91. The van der Waals surface area contributed by atoms with E-state index in [9.17, 15) is 4.79 Å². The fraction of sp³-hybridized carbons (Fsp3) is 0.409. The van der Waals surface area contributed by atoms with Crippen molar-refractivity contribution >= 4 is 18.4 Å². The van der Waals surface area contributed by atoms with Gasteiger partial charge in [0.2, 0.25) is 0 Å². The number of benzene rings is 2. The molecule has 0 unspecified atom stereocenters. The number of hydrogen-bond donors (Lipinski definition) is 0. The number of esters is 1. The number of carbonyl (C=O) groups excluding carboxylic acids is 1. The smallest absolute Gasteiger partial charge is 0.306 e. The van der Waals surface area contributed by atoms with Crippen molar-refractivity contribution in [1.82, 2.24) is 4.90 Å². The number of nitrogens with zero attached hydrogens (tertiary/aromatic N) is 1. The molecule has 0 bridgehead atoms. The lowest BCUT2D eigenvalue weighted by molar-refractivity contribution is -0.168. The van der Waals surface area contributed by atoms with Crippen LogP contribution in [0.1, 0.15) is 31.4 Å². The van der Waals surface area contributed by atoms with Crippen LogP contribution in [0, 0.1) is 5.92 Å². The SMILES string of the molecule is CCC(=O)O[C@](Cc1ccccc1)(c1ccccc1)[C@@H](C)CN(C)C.Cl. The molecule has 3 nitrogen and oxygen atoms in total. The third-order valence-corrected chi connectivity index (χ3v) is 4.59. The van der Waals surface area contributed by atoms with Crippen LogP contribution in [0.2, 0.25) is 0 Å². The summed E-state index contributed by atoms with van der Waals surface area (Å²) in [6, 6.07) is 20.4. The van der Waals surface area contributed by atoms with Crippen molar-refractivity contribution in [3.05, 3.63) is 71.8 Å². The van der Waals surface area contributed by atoms with Crippen molar-refractivity contribution in [1.29, 1.82) is 0 Å². The number of carbonyl (C=O) groups is 1. The minimum absolute atomic E-state index is 0. The van der Waals surface area contributed by atoms with Crippen LogP contribution < -0.4 is 0 Å². The molecule has 0 saturated carbocycles. The van der Waals surface area contributed by atoms with Crippen LogP contribution in [0.15, 0.2) is 60.7 Å². The van der Waals surface area contributed by atoms with Gasteiger partial charge in [0.05, 0.1) is 0 Å². The summed E-state index contributed by atoms with van der Waals surface area (Å²) >= 11 is 0. The van der Waals surface area contributed by atoms with Crippen LogP contribution in [-0.4, -0.2) is 31.5 Å². The summed E-state index contributed by atoms with van der Waals surface area (Å²) < 4.78 is 6.17. The van der Waals surface area contributed by atoms with Crippen LogP contribution in [-0.2, 0) is 21.6 Å². The predicted octanol–water partition coefficient (Wildman–Crippen LogP) is 4.70. The lowest BCUT2D eigenvalue weighted by atomic mass is 9.77. The van der Waals surface area contributed by atoms with E-state index in [0.29, 0.717) is 12.8 Å². The first-order chi connectivity index (χ1) is 12.0. The van der Waals surface area contributed by atoms with Crippen LogP contribution >= 0.6 is 12.4 Å². The zero-order valence-electron chi connectivity index (χ0n) is 16.1. The molecule has 26 heavy (non-hydrogen) atoms. The molecule has 0 N–H and O–H groups in total. The third-order valence-electron chi connectivity index (χ3n) is 4.59. The van der Waals surface area contributed by atoms with Gasteiger partial charge < -0.3 is 9.64 Å². The Morgan fingerprint density at radius 2 is 1.58 bits per heavy atom. The molecule has 0 saturated heterocycles. The summed E-state index contributed by atoms with van der Waals surface area (Å²) in [6.07, 6.45) is 1.04. The summed E-state index contributed by atoms with van der Waals surface area (Å²) in [5.74, 6) is -0.0222. The van der Waals surface area contributed by atoms with Crippen molar-refractivity contribution in [3.63, 3.8) is 0 Å². The van der Waals surface area contributed by atoms with Crippen LogP contribution in [0.3, 0.4) is 0 Å². The van der Waals surface area contributed by atoms with Crippen LogP contribution in [0.5, 0.6) is 0 Å². The van der Waals surface area contributed by atoms with E-state index in [1.807, 2.05) is 43.3 Å². The average Bonchev–Trinajstić information content (AvgIpc) is 2.62. The average molecular weight is 376 g/mol. The zero-order valence-corrected chi connectivity index (χ0v) is 17.0. The Bertz CT molecular complexity index is 660. The minimum Gasteiger partial charge on any atom is -0.453 e. The third kappa shape index (κ3) is 5.58. The van der Waals surface area contributed by atoms with E-state index < -0.39 is 5.60 Å². The molecule has 2 atom stereocenters. The Hall–Kier alpha value is -1.84. The molecule has 0 radical (unpaired) electrons. The van der Waals surface area contributed by atoms with Crippen LogP contribution in [0.4, 0.5) is 0 Å². The standard InChI is InChI=1S/C22H29NO2.ClH/c1-5-21(24)25-22(18(2)17-23(3)4,20-14-10-7-11-15-20)16-19-12-8-6-9-13-19;/h6-15,18H,5,16-17H2,1-4H3;1H/t18-,22-;/m0./s1. The normalized spacial score (nSPS) is 14.2. The van der Waals surface area contributed by atoms with Gasteiger partial charge in [-0.15, -0.1) is 12.4 Å². The molecule has 0 fully saturated rings. The zero-order chi connectivity index (χ0) is 18.3. The van der Waals surface area contributed by atoms with Crippen molar-refractivity contribution in [2.24, 2.45) is 5.92 Å². The van der Waals surface area contributed by atoms with Gasteiger partial charge in [-0.1, -0.05) is 74.5 Å². The summed E-state index contributed by atoms with van der Waals surface area (Å²) in [7, 11) is 4.10. The maximum Gasteiger partial charge on any atom is 0.306 e. The maximum atomic E-state index is 12.3. The molecule has 2 aromatic rings. The van der Waals surface area contributed by atoms with E-state index in [-0.39, 0.29) is 24.3 Å². The molecule has 0 aliphatic rings. The molecule has 2 aromatic carbocycles. The Labute approximate surface area is 163 Å². The van der Waals surface area contributed by atoms with Crippen molar-refractivity contribution in [2.75, 3.05) is 20.6 Å².